The minimum Gasteiger partial charge on any atom is -0.502 e. The predicted octanol–water partition coefficient (Wildman–Crippen LogP) is 0.400. The highest BCUT2D eigenvalue weighted by Crippen LogP contribution is 2.00. The van der Waals surface area contributed by atoms with Crippen molar-refractivity contribution in [1.82, 2.24) is 0 Å². The van der Waals surface area contributed by atoms with E-state index in [1.165, 1.54) is 6.26 Å². The van der Waals surface area contributed by atoms with Crippen LogP contribution in [0.2, 0.25) is 0 Å². The lowest BCUT2D eigenvalue weighted by atomic mass is 10.3. The topological polar surface area (TPSA) is 68.2 Å². The second kappa shape index (κ2) is 7.95. The molecule has 6 heteroatoms. The van der Waals surface area contributed by atoms with Crippen molar-refractivity contribution in [1.29, 1.82) is 0 Å². The monoisotopic (exact) mass is 222 g/mol. The lowest BCUT2D eigenvalue weighted by Gasteiger charge is -2.15. The molecular formula is C8H18O5Si. The summed E-state index contributed by atoms with van der Waals surface area (Å²) in [5.41, 5.74) is 0. The zero-order valence-corrected chi connectivity index (χ0v) is 9.44. The van der Waals surface area contributed by atoms with E-state index in [0.717, 1.165) is 6.42 Å². The molecule has 0 aliphatic rings. The Hall–Kier alpha value is -0.403. The van der Waals surface area contributed by atoms with Crippen molar-refractivity contribution in [3.63, 3.8) is 0 Å². The molecule has 0 aromatic rings. The van der Waals surface area contributed by atoms with Crippen molar-refractivity contribution in [2.75, 3.05) is 19.8 Å². The second-order valence-electron chi connectivity index (χ2n) is 2.57. The standard InChI is InChI=1S/C8H18O5Si/c1-3-11-7-5-6-8-13-14(9,10)12-4-2/h3,9-10H,1,4-8H2,2H3. The highest BCUT2D eigenvalue weighted by atomic mass is 28.4. The summed E-state index contributed by atoms with van der Waals surface area (Å²) in [4.78, 5) is 18.2. The van der Waals surface area contributed by atoms with Crippen molar-refractivity contribution in [2.24, 2.45) is 0 Å². The van der Waals surface area contributed by atoms with Gasteiger partial charge in [-0.15, -0.1) is 0 Å². The van der Waals surface area contributed by atoms with Gasteiger partial charge in [-0.05, 0) is 19.8 Å². The number of hydrogen-bond donors (Lipinski definition) is 2. The Kier molecular flexibility index (Phi) is 7.72. The lowest BCUT2D eigenvalue weighted by molar-refractivity contribution is 0.0259. The third-order valence-electron chi connectivity index (χ3n) is 1.40. The molecule has 2 N–H and O–H groups in total. The van der Waals surface area contributed by atoms with E-state index < -0.39 is 9.05 Å². The number of hydrogen-bond acceptors (Lipinski definition) is 5. The van der Waals surface area contributed by atoms with Gasteiger partial charge in [0, 0.05) is 13.2 Å². The second-order valence-corrected chi connectivity index (χ2v) is 4.25. The summed E-state index contributed by atoms with van der Waals surface area (Å²) in [6.45, 7) is 6.13. The highest BCUT2D eigenvalue weighted by Gasteiger charge is 2.35. The van der Waals surface area contributed by atoms with Gasteiger partial charge in [0.2, 0.25) is 0 Å². The molecule has 0 atom stereocenters. The van der Waals surface area contributed by atoms with Crippen molar-refractivity contribution < 1.29 is 23.2 Å². The van der Waals surface area contributed by atoms with Crippen molar-refractivity contribution >= 4 is 9.05 Å². The van der Waals surface area contributed by atoms with E-state index >= 15 is 0 Å². The van der Waals surface area contributed by atoms with Crippen LogP contribution in [0.1, 0.15) is 19.8 Å². The molecule has 84 valence electrons. The maximum atomic E-state index is 9.12. The van der Waals surface area contributed by atoms with E-state index in [2.05, 4.69) is 11.0 Å². The van der Waals surface area contributed by atoms with Gasteiger partial charge in [0.15, 0.2) is 0 Å². The lowest BCUT2D eigenvalue weighted by Crippen LogP contribution is -2.43. The van der Waals surface area contributed by atoms with Gasteiger partial charge in [0.25, 0.3) is 0 Å². The third kappa shape index (κ3) is 8.21. The summed E-state index contributed by atoms with van der Waals surface area (Å²) in [5.74, 6) is 0. The molecule has 0 rings (SSSR count). The maximum absolute atomic E-state index is 9.12. The summed E-state index contributed by atoms with van der Waals surface area (Å²) < 4.78 is 14.3. The molecular weight excluding hydrogens is 204 g/mol. The molecule has 0 amide bonds. The summed E-state index contributed by atoms with van der Waals surface area (Å²) in [6.07, 6.45) is 2.84. The van der Waals surface area contributed by atoms with E-state index in [-0.39, 0.29) is 13.2 Å². The molecule has 0 spiro atoms. The van der Waals surface area contributed by atoms with Gasteiger partial charge in [-0.2, -0.15) is 0 Å². The van der Waals surface area contributed by atoms with Gasteiger partial charge in [-0.25, -0.2) is 0 Å². The van der Waals surface area contributed by atoms with Crippen LogP contribution in [-0.4, -0.2) is 38.5 Å². The normalized spacial score (nSPS) is 11.4. The van der Waals surface area contributed by atoms with Crippen LogP contribution in [0.25, 0.3) is 0 Å². The predicted molar refractivity (Wildman–Crippen MR) is 53.2 cm³/mol. The zero-order valence-electron chi connectivity index (χ0n) is 8.44. The average molecular weight is 222 g/mol. The van der Waals surface area contributed by atoms with Crippen LogP contribution >= 0.6 is 0 Å². The number of rotatable bonds is 9. The summed E-state index contributed by atoms with van der Waals surface area (Å²) in [7, 11) is -3.83. The van der Waals surface area contributed by atoms with E-state index in [9.17, 15) is 0 Å². The maximum Gasteiger partial charge on any atom is 0.674 e. The van der Waals surface area contributed by atoms with Gasteiger partial charge < -0.3 is 23.2 Å². The zero-order chi connectivity index (χ0) is 10.9. The molecule has 0 radical (unpaired) electrons. The fourth-order valence-corrected chi connectivity index (χ4v) is 1.68. The minimum absolute atomic E-state index is 0.235. The van der Waals surface area contributed by atoms with E-state index in [0.29, 0.717) is 13.0 Å². The Labute approximate surface area is 85.4 Å². The molecule has 0 aliphatic heterocycles. The van der Waals surface area contributed by atoms with Gasteiger partial charge in [0.1, 0.15) is 0 Å². The van der Waals surface area contributed by atoms with Gasteiger partial charge >= 0.3 is 9.05 Å². The minimum atomic E-state index is -3.83. The molecule has 0 aromatic heterocycles. The Morgan fingerprint density at radius 3 is 2.43 bits per heavy atom. The Morgan fingerprint density at radius 1 is 1.21 bits per heavy atom. The SMILES string of the molecule is C=COCCCCO[Si](O)(O)OCC. The molecule has 0 unspecified atom stereocenters. The summed E-state index contributed by atoms with van der Waals surface area (Å²) in [5, 5.41) is 0. The van der Waals surface area contributed by atoms with Crippen LogP contribution in [0.3, 0.4) is 0 Å². The van der Waals surface area contributed by atoms with Crippen LogP contribution in [0.15, 0.2) is 12.8 Å². The quantitative estimate of drug-likeness (QED) is 0.336. The molecule has 0 fully saturated rings. The van der Waals surface area contributed by atoms with Crippen molar-refractivity contribution in [3.05, 3.63) is 12.8 Å². The van der Waals surface area contributed by atoms with E-state index in [1.54, 1.807) is 6.92 Å². The van der Waals surface area contributed by atoms with Gasteiger partial charge in [-0.1, -0.05) is 6.58 Å². The first-order valence-corrected chi connectivity index (χ1v) is 6.28. The average Bonchev–Trinajstić information content (AvgIpc) is 2.11. The van der Waals surface area contributed by atoms with Crippen LogP contribution in [-0.2, 0) is 13.6 Å². The first kappa shape index (κ1) is 13.6. The van der Waals surface area contributed by atoms with Gasteiger partial charge in [-0.3, -0.25) is 0 Å². The van der Waals surface area contributed by atoms with Crippen LogP contribution in [0.5, 0.6) is 0 Å². The molecule has 0 heterocycles. The Balaban J connectivity index is 3.29. The number of unbranched alkanes of at least 4 members (excludes halogenated alkanes) is 1. The molecule has 5 nitrogen and oxygen atoms in total. The number of ether oxygens (including phenoxy) is 1. The summed E-state index contributed by atoms with van der Waals surface area (Å²) in [6, 6.07) is 0. The molecule has 14 heavy (non-hydrogen) atoms. The largest absolute Gasteiger partial charge is 0.674 e. The molecule has 0 saturated heterocycles. The Morgan fingerprint density at radius 2 is 1.86 bits per heavy atom. The van der Waals surface area contributed by atoms with Crippen molar-refractivity contribution in [2.45, 2.75) is 19.8 Å². The van der Waals surface area contributed by atoms with Gasteiger partial charge in [0.05, 0.1) is 12.9 Å². The highest BCUT2D eigenvalue weighted by molar-refractivity contribution is 6.50. The van der Waals surface area contributed by atoms with Crippen LogP contribution in [0, 0.1) is 0 Å². The van der Waals surface area contributed by atoms with Crippen LogP contribution < -0.4 is 0 Å². The Bertz CT molecular complexity index is 151. The van der Waals surface area contributed by atoms with E-state index in [4.69, 9.17) is 18.8 Å². The third-order valence-corrected chi connectivity index (χ3v) is 2.64. The van der Waals surface area contributed by atoms with Crippen molar-refractivity contribution in [3.8, 4) is 0 Å². The molecule has 0 bridgehead atoms. The molecule has 0 aromatic carbocycles. The fourth-order valence-electron chi connectivity index (χ4n) is 0.806. The summed E-state index contributed by atoms with van der Waals surface area (Å²) >= 11 is 0. The first-order chi connectivity index (χ1) is 6.62. The molecule has 0 saturated carbocycles. The molecule has 0 aliphatic carbocycles. The van der Waals surface area contributed by atoms with Crippen LogP contribution in [0.4, 0.5) is 0 Å². The van der Waals surface area contributed by atoms with E-state index in [1.807, 2.05) is 0 Å². The fraction of sp³-hybridized carbons (Fsp3) is 0.750. The smallest absolute Gasteiger partial charge is 0.502 e. The first-order valence-electron chi connectivity index (χ1n) is 4.57.